The van der Waals surface area contributed by atoms with Crippen LogP contribution in [0.1, 0.15) is 45.4 Å². The smallest absolute Gasteiger partial charge is 0.222 e. The van der Waals surface area contributed by atoms with Crippen LogP contribution in [-0.4, -0.2) is 70.3 Å². The van der Waals surface area contributed by atoms with Crippen LogP contribution in [0.15, 0.2) is 0 Å². The number of carbonyl (C=O) groups is 1. The van der Waals surface area contributed by atoms with Crippen LogP contribution in [0.3, 0.4) is 0 Å². The highest BCUT2D eigenvalue weighted by atomic mass is 16.3. The molecule has 5 heteroatoms. The van der Waals surface area contributed by atoms with Gasteiger partial charge in [-0.15, -0.1) is 0 Å². The molecule has 2 N–H and O–H groups in total. The lowest BCUT2D eigenvalue weighted by molar-refractivity contribution is -0.129. The van der Waals surface area contributed by atoms with E-state index in [-0.39, 0.29) is 18.1 Å². The lowest BCUT2D eigenvalue weighted by atomic mass is 9.95. The van der Waals surface area contributed by atoms with Crippen molar-refractivity contribution >= 4 is 5.91 Å². The summed E-state index contributed by atoms with van der Waals surface area (Å²) in [6, 6.07) is 0.165. The molecule has 2 heterocycles. The van der Waals surface area contributed by atoms with Gasteiger partial charge in [0, 0.05) is 32.1 Å². The first-order valence-electron chi connectivity index (χ1n) is 7.99. The van der Waals surface area contributed by atoms with E-state index in [9.17, 15) is 15.0 Å². The predicted molar refractivity (Wildman–Crippen MR) is 77.3 cm³/mol. The van der Waals surface area contributed by atoms with E-state index in [1.54, 1.807) is 4.90 Å². The number of rotatable bonds is 6. The van der Waals surface area contributed by atoms with Crippen molar-refractivity contribution in [3.05, 3.63) is 0 Å². The fourth-order valence-corrected chi connectivity index (χ4v) is 3.43. The molecule has 5 nitrogen and oxygen atoms in total. The zero-order chi connectivity index (χ0) is 14.5. The van der Waals surface area contributed by atoms with Gasteiger partial charge < -0.3 is 15.1 Å². The molecule has 0 aromatic rings. The highest BCUT2D eigenvalue weighted by Gasteiger charge is 2.30. The standard InChI is InChI=1S/C15H28N2O3/c1-2-14(19)13-6-3-4-8-16(13)10-12(18)11-17-9-5-7-15(17)20/h12-14,18-19H,2-11H2,1H3/t12-,13+,14+/m0/s1. The molecule has 0 bridgehead atoms. The molecule has 2 fully saturated rings. The summed E-state index contributed by atoms with van der Waals surface area (Å²) in [6.45, 7) is 4.70. The van der Waals surface area contributed by atoms with Gasteiger partial charge in [0.1, 0.15) is 0 Å². The van der Waals surface area contributed by atoms with E-state index in [4.69, 9.17) is 0 Å². The van der Waals surface area contributed by atoms with Crippen molar-refractivity contribution < 1.29 is 15.0 Å². The third kappa shape index (κ3) is 3.93. The molecule has 1 amide bonds. The van der Waals surface area contributed by atoms with Crippen molar-refractivity contribution in [3.8, 4) is 0 Å². The van der Waals surface area contributed by atoms with Crippen LogP contribution in [0, 0.1) is 0 Å². The molecule has 0 aliphatic carbocycles. The Kier molecular flexibility index (Phi) is 5.81. The Hall–Kier alpha value is -0.650. The van der Waals surface area contributed by atoms with Crippen molar-refractivity contribution in [2.24, 2.45) is 0 Å². The molecule has 0 saturated carbocycles. The molecule has 0 aromatic carbocycles. The lowest BCUT2D eigenvalue weighted by Crippen LogP contribution is -2.51. The van der Waals surface area contributed by atoms with E-state index >= 15 is 0 Å². The zero-order valence-electron chi connectivity index (χ0n) is 12.5. The summed E-state index contributed by atoms with van der Waals surface area (Å²) in [5, 5.41) is 20.3. The first kappa shape index (κ1) is 15.7. The van der Waals surface area contributed by atoms with Gasteiger partial charge in [0.15, 0.2) is 0 Å². The van der Waals surface area contributed by atoms with Crippen molar-refractivity contribution in [1.82, 2.24) is 9.80 Å². The molecule has 0 aromatic heterocycles. The third-order valence-electron chi connectivity index (χ3n) is 4.57. The Morgan fingerprint density at radius 3 is 2.65 bits per heavy atom. The number of aliphatic hydroxyl groups is 2. The average molecular weight is 284 g/mol. The van der Waals surface area contributed by atoms with Gasteiger partial charge in [0.05, 0.1) is 12.2 Å². The Labute approximate surface area is 121 Å². The Morgan fingerprint density at radius 1 is 1.20 bits per heavy atom. The maximum Gasteiger partial charge on any atom is 0.222 e. The lowest BCUT2D eigenvalue weighted by Gasteiger charge is -2.39. The zero-order valence-corrected chi connectivity index (χ0v) is 12.5. The summed E-state index contributed by atoms with van der Waals surface area (Å²) in [5.41, 5.74) is 0. The minimum absolute atomic E-state index is 0.160. The first-order valence-corrected chi connectivity index (χ1v) is 7.99. The van der Waals surface area contributed by atoms with Gasteiger partial charge in [-0.1, -0.05) is 13.3 Å². The molecular formula is C15H28N2O3. The molecule has 2 rings (SSSR count). The van der Waals surface area contributed by atoms with Crippen LogP contribution in [0.25, 0.3) is 0 Å². The molecule has 0 spiro atoms. The second-order valence-corrected chi connectivity index (χ2v) is 6.13. The fourth-order valence-electron chi connectivity index (χ4n) is 3.43. The van der Waals surface area contributed by atoms with E-state index in [0.717, 1.165) is 45.2 Å². The summed E-state index contributed by atoms with van der Waals surface area (Å²) in [7, 11) is 0. The van der Waals surface area contributed by atoms with Crippen LogP contribution in [0.5, 0.6) is 0 Å². The number of β-amino-alcohol motifs (C(OH)–C–C–N with tert-alkyl or cyclic N) is 1. The van der Waals surface area contributed by atoms with Crippen LogP contribution in [0.4, 0.5) is 0 Å². The number of piperidine rings is 1. The number of amides is 1. The molecule has 20 heavy (non-hydrogen) atoms. The number of likely N-dealkylation sites (tertiary alicyclic amines) is 2. The van der Waals surface area contributed by atoms with Gasteiger partial charge in [-0.2, -0.15) is 0 Å². The maximum atomic E-state index is 11.6. The molecule has 2 aliphatic rings. The second-order valence-electron chi connectivity index (χ2n) is 6.13. The number of carbonyl (C=O) groups excluding carboxylic acids is 1. The fraction of sp³-hybridized carbons (Fsp3) is 0.933. The van der Waals surface area contributed by atoms with E-state index in [1.165, 1.54) is 0 Å². The monoisotopic (exact) mass is 284 g/mol. The van der Waals surface area contributed by atoms with E-state index < -0.39 is 6.10 Å². The summed E-state index contributed by atoms with van der Waals surface area (Å²) in [6.07, 6.45) is 4.74. The van der Waals surface area contributed by atoms with Gasteiger partial charge in [-0.25, -0.2) is 0 Å². The number of hydrogen-bond acceptors (Lipinski definition) is 4. The van der Waals surface area contributed by atoms with E-state index in [1.807, 2.05) is 6.92 Å². The quantitative estimate of drug-likeness (QED) is 0.749. The second kappa shape index (κ2) is 7.38. The van der Waals surface area contributed by atoms with Crippen LogP contribution >= 0.6 is 0 Å². The van der Waals surface area contributed by atoms with Crippen molar-refractivity contribution in [2.75, 3.05) is 26.2 Å². The SMILES string of the molecule is CC[C@@H](O)[C@H]1CCCCN1C[C@H](O)CN1CCCC1=O. The Morgan fingerprint density at radius 2 is 2.00 bits per heavy atom. The molecule has 0 radical (unpaired) electrons. The summed E-state index contributed by atoms with van der Waals surface area (Å²) in [4.78, 5) is 15.6. The summed E-state index contributed by atoms with van der Waals surface area (Å²) in [5.74, 6) is 0.160. The minimum Gasteiger partial charge on any atom is -0.392 e. The minimum atomic E-state index is -0.512. The van der Waals surface area contributed by atoms with Crippen molar-refractivity contribution in [2.45, 2.75) is 63.7 Å². The van der Waals surface area contributed by atoms with E-state index in [0.29, 0.717) is 19.5 Å². The van der Waals surface area contributed by atoms with E-state index in [2.05, 4.69) is 4.90 Å². The van der Waals surface area contributed by atoms with Gasteiger partial charge in [0.2, 0.25) is 5.91 Å². The maximum absolute atomic E-state index is 11.6. The first-order chi connectivity index (χ1) is 9.61. The third-order valence-corrected chi connectivity index (χ3v) is 4.57. The number of nitrogens with zero attached hydrogens (tertiary/aromatic N) is 2. The summed E-state index contributed by atoms with van der Waals surface area (Å²) >= 11 is 0. The van der Waals surface area contributed by atoms with Crippen LogP contribution in [-0.2, 0) is 4.79 Å². The normalized spacial score (nSPS) is 27.9. The number of aliphatic hydroxyl groups excluding tert-OH is 2. The predicted octanol–water partition coefficient (Wildman–Crippen LogP) is 0.595. The average Bonchev–Trinajstić information content (AvgIpc) is 2.84. The van der Waals surface area contributed by atoms with Crippen molar-refractivity contribution in [1.29, 1.82) is 0 Å². The Balaban J connectivity index is 1.84. The topological polar surface area (TPSA) is 64.0 Å². The van der Waals surface area contributed by atoms with Crippen molar-refractivity contribution in [3.63, 3.8) is 0 Å². The molecule has 116 valence electrons. The largest absolute Gasteiger partial charge is 0.392 e. The molecule has 3 atom stereocenters. The van der Waals surface area contributed by atoms with Crippen LogP contribution < -0.4 is 0 Å². The molecular weight excluding hydrogens is 256 g/mol. The van der Waals surface area contributed by atoms with Gasteiger partial charge in [-0.05, 0) is 32.2 Å². The van der Waals surface area contributed by atoms with Gasteiger partial charge in [-0.3, -0.25) is 9.69 Å². The van der Waals surface area contributed by atoms with Crippen LogP contribution in [0.2, 0.25) is 0 Å². The molecule has 2 saturated heterocycles. The molecule has 2 aliphatic heterocycles. The Bertz CT molecular complexity index is 324. The van der Waals surface area contributed by atoms with Gasteiger partial charge in [0.25, 0.3) is 0 Å². The highest BCUT2D eigenvalue weighted by molar-refractivity contribution is 5.78. The van der Waals surface area contributed by atoms with Gasteiger partial charge >= 0.3 is 0 Å². The summed E-state index contributed by atoms with van der Waals surface area (Å²) < 4.78 is 0. The molecule has 0 unspecified atom stereocenters. The number of hydrogen-bond donors (Lipinski definition) is 2. The highest BCUT2D eigenvalue weighted by Crippen LogP contribution is 2.22.